The molecule has 0 aliphatic carbocycles. The van der Waals surface area contributed by atoms with Crippen LogP contribution in [0.15, 0.2) is 56.8 Å². The first-order chi connectivity index (χ1) is 15.6. The number of carbonyl (C=O) groups is 2. The van der Waals surface area contributed by atoms with E-state index in [1.54, 1.807) is 52.0 Å². The molecular weight excluding hydrogens is 424 g/mol. The lowest BCUT2D eigenvalue weighted by atomic mass is 9.77. The van der Waals surface area contributed by atoms with Gasteiger partial charge in [0.05, 0.1) is 6.61 Å². The first-order valence-corrected chi connectivity index (χ1v) is 11.0. The van der Waals surface area contributed by atoms with Crippen molar-refractivity contribution in [2.24, 2.45) is 0 Å². The normalized spacial score (nSPS) is 20.1. The highest BCUT2D eigenvalue weighted by Gasteiger charge is 2.48. The van der Waals surface area contributed by atoms with Gasteiger partial charge in [0.15, 0.2) is 0 Å². The van der Waals surface area contributed by atoms with E-state index in [1.165, 1.54) is 6.07 Å². The van der Waals surface area contributed by atoms with E-state index in [-0.39, 0.29) is 13.0 Å². The van der Waals surface area contributed by atoms with Crippen LogP contribution in [-0.4, -0.2) is 30.3 Å². The molecule has 0 spiro atoms. The van der Waals surface area contributed by atoms with Gasteiger partial charge in [0.2, 0.25) is 0 Å². The molecule has 1 aliphatic heterocycles. The SMILES string of the molecule is C/C=C(\C)C(=O)OC1C(C/C(=C\C)C(=O)OCC)c2c(ccc3ccc(=O)oc23)OC1(C)C. The molecule has 2 aromatic rings. The van der Waals surface area contributed by atoms with Gasteiger partial charge >= 0.3 is 17.6 Å². The zero-order chi connectivity index (χ0) is 24.3. The van der Waals surface area contributed by atoms with Gasteiger partial charge in [-0.25, -0.2) is 14.4 Å². The van der Waals surface area contributed by atoms with E-state index in [0.29, 0.717) is 33.4 Å². The van der Waals surface area contributed by atoms with Crippen molar-refractivity contribution in [2.45, 2.75) is 65.6 Å². The van der Waals surface area contributed by atoms with Gasteiger partial charge in [-0.1, -0.05) is 12.2 Å². The Morgan fingerprint density at radius 1 is 1.09 bits per heavy atom. The van der Waals surface area contributed by atoms with Crippen LogP contribution in [-0.2, 0) is 19.1 Å². The van der Waals surface area contributed by atoms with Gasteiger partial charge in [-0.2, -0.15) is 0 Å². The molecule has 0 amide bonds. The summed E-state index contributed by atoms with van der Waals surface area (Å²) in [5.74, 6) is -0.932. The monoisotopic (exact) mass is 454 g/mol. The van der Waals surface area contributed by atoms with E-state index < -0.39 is 35.2 Å². The van der Waals surface area contributed by atoms with Crippen LogP contribution in [0, 0.1) is 0 Å². The number of hydrogen-bond acceptors (Lipinski definition) is 7. The first-order valence-electron chi connectivity index (χ1n) is 11.0. The average molecular weight is 455 g/mol. The van der Waals surface area contributed by atoms with Crippen LogP contribution in [0.2, 0.25) is 0 Å². The molecule has 0 saturated heterocycles. The minimum Gasteiger partial charge on any atom is -0.484 e. The second-order valence-corrected chi connectivity index (χ2v) is 8.50. The van der Waals surface area contributed by atoms with Gasteiger partial charge in [0.1, 0.15) is 23.0 Å². The van der Waals surface area contributed by atoms with Gasteiger partial charge < -0.3 is 18.6 Å². The summed E-state index contributed by atoms with van der Waals surface area (Å²) in [6.07, 6.45) is 2.80. The maximum absolute atomic E-state index is 12.8. The maximum Gasteiger partial charge on any atom is 0.336 e. The summed E-state index contributed by atoms with van der Waals surface area (Å²) >= 11 is 0. The molecule has 0 N–H and O–H groups in total. The highest BCUT2D eigenvalue weighted by Crippen LogP contribution is 2.48. The number of rotatable bonds is 6. The van der Waals surface area contributed by atoms with Crippen molar-refractivity contribution in [3.05, 3.63) is 63.5 Å². The van der Waals surface area contributed by atoms with E-state index in [1.807, 2.05) is 19.9 Å². The summed E-state index contributed by atoms with van der Waals surface area (Å²) < 4.78 is 23.0. The molecule has 2 heterocycles. The first kappa shape index (κ1) is 24.3. The van der Waals surface area contributed by atoms with Crippen molar-refractivity contribution in [2.75, 3.05) is 6.61 Å². The van der Waals surface area contributed by atoms with E-state index in [0.717, 1.165) is 0 Å². The molecule has 33 heavy (non-hydrogen) atoms. The summed E-state index contributed by atoms with van der Waals surface area (Å²) in [6, 6.07) is 6.63. The van der Waals surface area contributed by atoms with Crippen LogP contribution in [0.25, 0.3) is 11.0 Å². The van der Waals surface area contributed by atoms with Crippen LogP contribution in [0.5, 0.6) is 5.75 Å². The Labute approximate surface area is 193 Å². The Kier molecular flexibility index (Phi) is 7.10. The van der Waals surface area contributed by atoms with Crippen molar-refractivity contribution < 1.29 is 28.2 Å². The van der Waals surface area contributed by atoms with Gasteiger partial charge in [0, 0.05) is 34.1 Å². The third-order valence-corrected chi connectivity index (χ3v) is 5.90. The zero-order valence-corrected chi connectivity index (χ0v) is 19.9. The predicted molar refractivity (Wildman–Crippen MR) is 124 cm³/mol. The standard InChI is InChI=1S/C26H30O7/c1-7-15(4)24(28)32-23-18(14-16(8-2)25(29)30-9-3)21-19(33-26(23,5)6)12-10-17-11-13-20(27)31-22(17)21/h7-8,10-13,18,23H,9,14H2,1-6H3/b15-7+,16-8+. The Hall–Kier alpha value is -3.35. The Balaban J connectivity index is 2.22. The molecule has 0 radical (unpaired) electrons. The molecule has 2 atom stereocenters. The molecule has 1 aromatic heterocycles. The van der Waals surface area contributed by atoms with E-state index in [9.17, 15) is 14.4 Å². The van der Waals surface area contributed by atoms with Crippen molar-refractivity contribution in [3.8, 4) is 5.75 Å². The molecule has 7 heteroatoms. The fraction of sp³-hybridized carbons (Fsp3) is 0.423. The van der Waals surface area contributed by atoms with Gasteiger partial charge in [-0.05, 0) is 66.2 Å². The molecule has 7 nitrogen and oxygen atoms in total. The van der Waals surface area contributed by atoms with Crippen LogP contribution in [0.3, 0.4) is 0 Å². The van der Waals surface area contributed by atoms with Crippen LogP contribution in [0.4, 0.5) is 0 Å². The summed E-state index contributed by atoms with van der Waals surface area (Å²) in [6.45, 7) is 10.8. The number of hydrogen-bond donors (Lipinski definition) is 0. The second kappa shape index (κ2) is 9.65. The average Bonchev–Trinajstić information content (AvgIpc) is 2.77. The fourth-order valence-electron chi connectivity index (χ4n) is 4.09. The largest absolute Gasteiger partial charge is 0.484 e. The Morgan fingerprint density at radius 2 is 1.79 bits per heavy atom. The second-order valence-electron chi connectivity index (χ2n) is 8.50. The third kappa shape index (κ3) is 4.87. The van der Waals surface area contributed by atoms with E-state index in [2.05, 4.69) is 0 Å². The number of allylic oxidation sites excluding steroid dienone is 2. The number of benzene rings is 1. The molecule has 2 unspecified atom stereocenters. The van der Waals surface area contributed by atoms with Gasteiger partial charge in [0.25, 0.3) is 0 Å². The van der Waals surface area contributed by atoms with Crippen LogP contribution >= 0.6 is 0 Å². The third-order valence-electron chi connectivity index (χ3n) is 5.90. The fourth-order valence-corrected chi connectivity index (χ4v) is 4.09. The van der Waals surface area contributed by atoms with Crippen molar-refractivity contribution in [3.63, 3.8) is 0 Å². The zero-order valence-electron chi connectivity index (χ0n) is 19.9. The van der Waals surface area contributed by atoms with Crippen molar-refractivity contribution in [1.29, 1.82) is 0 Å². The molecule has 3 rings (SSSR count). The van der Waals surface area contributed by atoms with Gasteiger partial charge in [-0.15, -0.1) is 0 Å². The number of ether oxygens (including phenoxy) is 3. The topological polar surface area (TPSA) is 92.0 Å². The lowest BCUT2D eigenvalue weighted by Gasteiger charge is -2.44. The smallest absolute Gasteiger partial charge is 0.336 e. The highest BCUT2D eigenvalue weighted by atomic mass is 16.6. The predicted octanol–water partition coefficient (Wildman–Crippen LogP) is 4.83. The van der Waals surface area contributed by atoms with Gasteiger partial charge in [-0.3, -0.25) is 0 Å². The molecule has 0 bridgehead atoms. The van der Waals surface area contributed by atoms with Crippen LogP contribution < -0.4 is 10.4 Å². The number of carbonyl (C=O) groups excluding carboxylic acids is 2. The van der Waals surface area contributed by atoms with Crippen molar-refractivity contribution in [1.82, 2.24) is 0 Å². The summed E-state index contributed by atoms with van der Waals surface area (Å²) in [7, 11) is 0. The molecule has 0 saturated carbocycles. The molecule has 1 aliphatic rings. The highest BCUT2D eigenvalue weighted by molar-refractivity contribution is 5.90. The summed E-state index contributed by atoms with van der Waals surface area (Å²) in [5.41, 5.74) is 0.403. The summed E-state index contributed by atoms with van der Waals surface area (Å²) in [4.78, 5) is 37.5. The lowest BCUT2D eigenvalue weighted by Crippen LogP contribution is -2.51. The molecule has 1 aromatic carbocycles. The number of fused-ring (bicyclic) bond motifs is 3. The quantitative estimate of drug-likeness (QED) is 0.351. The molecular formula is C26H30O7. The Bertz CT molecular complexity index is 1180. The minimum atomic E-state index is -0.919. The van der Waals surface area contributed by atoms with E-state index >= 15 is 0 Å². The molecule has 176 valence electrons. The molecule has 0 fully saturated rings. The lowest BCUT2D eigenvalue weighted by molar-refractivity contribution is -0.159. The van der Waals surface area contributed by atoms with E-state index in [4.69, 9.17) is 18.6 Å². The minimum absolute atomic E-state index is 0.208. The number of esters is 2. The van der Waals surface area contributed by atoms with Crippen molar-refractivity contribution >= 4 is 22.9 Å². The van der Waals surface area contributed by atoms with Crippen LogP contribution in [0.1, 0.15) is 59.4 Å². The maximum atomic E-state index is 12.8. The Morgan fingerprint density at radius 3 is 2.42 bits per heavy atom. The summed E-state index contributed by atoms with van der Waals surface area (Å²) in [5, 5.41) is 0.703.